The Morgan fingerprint density at radius 1 is 1.00 bits per heavy atom. The summed E-state index contributed by atoms with van der Waals surface area (Å²) in [5.74, 6) is -0.531. The molecule has 2 N–H and O–H groups in total. The van der Waals surface area contributed by atoms with Crippen LogP contribution in [0.5, 0.6) is 5.75 Å². The molecule has 0 spiro atoms. The van der Waals surface area contributed by atoms with Crippen molar-refractivity contribution in [3.8, 4) is 5.75 Å². The van der Waals surface area contributed by atoms with Gasteiger partial charge in [0.05, 0.1) is 6.10 Å². The molecule has 4 amide bonds. The quantitative estimate of drug-likeness (QED) is 0.262. The maximum absolute atomic E-state index is 13.6. The minimum atomic E-state index is -6.01. The molecule has 3 atom stereocenters. The fourth-order valence-corrected chi connectivity index (χ4v) is 6.26. The number of aryl methyl sites for hydroxylation is 1. The zero-order valence-electron chi connectivity index (χ0n) is 27.5. The molecule has 4 rings (SSSR count). The number of carbonyl (C=O) groups is 3. The van der Waals surface area contributed by atoms with Gasteiger partial charge in [0.2, 0.25) is 5.91 Å². The van der Waals surface area contributed by atoms with E-state index in [-0.39, 0.29) is 31.2 Å². The van der Waals surface area contributed by atoms with Gasteiger partial charge in [0.25, 0.3) is 11.5 Å². The number of ether oxygens (including phenoxy) is 1. The van der Waals surface area contributed by atoms with Crippen molar-refractivity contribution >= 4 is 23.5 Å². The number of amides is 4. The topological polar surface area (TPSA) is 102 Å². The van der Waals surface area contributed by atoms with Crippen molar-refractivity contribution in [2.45, 2.75) is 96.1 Å². The molecule has 2 fully saturated rings. The van der Waals surface area contributed by atoms with Gasteiger partial charge >= 0.3 is 18.4 Å². The first kappa shape index (κ1) is 36.8. The summed E-state index contributed by atoms with van der Waals surface area (Å²) in [5, 5.41) is 12.6. The number of carbonyl (C=O) groups excluding carboxylic acids is 3. The van der Waals surface area contributed by atoms with Crippen LogP contribution in [0, 0.1) is 0 Å². The number of piperazine rings is 1. The van der Waals surface area contributed by atoms with Crippen molar-refractivity contribution in [3.63, 3.8) is 0 Å². The second-order valence-corrected chi connectivity index (χ2v) is 12.8. The van der Waals surface area contributed by atoms with Crippen LogP contribution in [0.25, 0.3) is 0 Å². The number of alkyl halides is 6. The highest BCUT2D eigenvalue weighted by atomic mass is 19.4. The molecule has 0 radical (unpaired) electrons. The summed E-state index contributed by atoms with van der Waals surface area (Å²) in [6.45, 7) is 10.2. The fraction of sp³-hybridized carbons (Fsp3) is 0.545. The van der Waals surface area contributed by atoms with Gasteiger partial charge in [-0.2, -0.15) is 26.3 Å². The van der Waals surface area contributed by atoms with E-state index in [0.717, 1.165) is 17.0 Å². The number of nitrogens with zero attached hydrogens (tertiary/aromatic N) is 3. The molecule has 2 aromatic carbocycles. The lowest BCUT2D eigenvalue weighted by Gasteiger charge is -2.46. The third-order valence-electron chi connectivity index (χ3n) is 8.82. The number of imide groups is 1. The second kappa shape index (κ2) is 13.1. The van der Waals surface area contributed by atoms with Gasteiger partial charge in [-0.15, -0.1) is 0 Å². The van der Waals surface area contributed by atoms with Gasteiger partial charge in [0.1, 0.15) is 17.8 Å². The maximum Gasteiger partial charge on any atom is 0.430 e. The second-order valence-electron chi connectivity index (χ2n) is 12.8. The number of urea groups is 1. The molecule has 0 unspecified atom stereocenters. The molecule has 264 valence electrons. The van der Waals surface area contributed by atoms with Crippen LogP contribution >= 0.6 is 0 Å². The van der Waals surface area contributed by atoms with Gasteiger partial charge in [0, 0.05) is 36.4 Å². The Hall–Kier alpha value is -4.01. The van der Waals surface area contributed by atoms with Gasteiger partial charge in [-0.3, -0.25) is 14.5 Å². The van der Waals surface area contributed by atoms with Crippen molar-refractivity contribution in [3.05, 3.63) is 59.2 Å². The molecular formula is C33H40F6N4O5. The smallest absolute Gasteiger partial charge is 0.430 e. The summed E-state index contributed by atoms with van der Waals surface area (Å²) in [5.41, 5.74) is -6.73. The predicted molar refractivity (Wildman–Crippen MR) is 164 cm³/mol. The zero-order valence-corrected chi connectivity index (χ0v) is 27.5. The van der Waals surface area contributed by atoms with E-state index in [1.54, 1.807) is 56.9 Å². The number of aliphatic hydroxyl groups is 1. The first-order valence-corrected chi connectivity index (χ1v) is 15.6. The van der Waals surface area contributed by atoms with E-state index in [9.17, 15) is 45.8 Å². The first-order chi connectivity index (χ1) is 22.1. The van der Waals surface area contributed by atoms with Crippen LogP contribution in [0.1, 0.15) is 64.7 Å². The van der Waals surface area contributed by atoms with Gasteiger partial charge in [-0.25, -0.2) is 4.79 Å². The molecule has 9 nitrogen and oxygen atoms in total. The molecule has 2 heterocycles. The Bertz CT molecular complexity index is 1520. The minimum absolute atomic E-state index is 0.0604. The largest absolute Gasteiger partial charge is 0.491 e. The van der Waals surface area contributed by atoms with Crippen LogP contribution in [0.2, 0.25) is 0 Å². The molecule has 2 saturated heterocycles. The Morgan fingerprint density at radius 3 is 2.15 bits per heavy atom. The van der Waals surface area contributed by atoms with Crippen molar-refractivity contribution in [1.29, 1.82) is 0 Å². The minimum Gasteiger partial charge on any atom is -0.491 e. The summed E-state index contributed by atoms with van der Waals surface area (Å²) in [6, 6.07) is 7.51. The number of benzene rings is 2. The third-order valence-corrected chi connectivity index (χ3v) is 8.82. The van der Waals surface area contributed by atoms with Crippen LogP contribution < -0.4 is 15.0 Å². The first-order valence-electron chi connectivity index (χ1n) is 15.6. The number of rotatable bonds is 9. The van der Waals surface area contributed by atoms with Gasteiger partial charge < -0.3 is 25.0 Å². The van der Waals surface area contributed by atoms with E-state index in [1.165, 1.54) is 4.90 Å². The number of anilines is 1. The molecule has 15 heteroatoms. The van der Waals surface area contributed by atoms with Crippen molar-refractivity contribution in [2.24, 2.45) is 0 Å². The molecule has 0 aliphatic carbocycles. The fourth-order valence-electron chi connectivity index (χ4n) is 6.26. The lowest BCUT2D eigenvalue weighted by Crippen LogP contribution is -2.60. The van der Waals surface area contributed by atoms with Crippen LogP contribution in [-0.2, 0) is 27.1 Å². The molecule has 48 heavy (non-hydrogen) atoms. The standard InChI is InChI=1S/C33H40F6N4O5/c1-7-8-22-15-24(31(47,32(34,35)36)33(37,38)39)11-14-26(22)41-16-21(5)42(17-20(41)4)27(44)18-43-28(45)30(6,40-29(43)46)23-9-12-25(13-10-23)48-19(2)3/h9-15,19-21,47H,7-8,16-18H2,1-6H3,(H,40,46)/t20-,21+,30+/m1/s1. The van der Waals surface area contributed by atoms with Gasteiger partial charge in [-0.1, -0.05) is 37.6 Å². The Balaban J connectivity index is 1.52. The average Bonchev–Trinajstić information content (AvgIpc) is 3.20. The van der Waals surface area contributed by atoms with Crippen LogP contribution in [-0.4, -0.2) is 82.9 Å². The maximum atomic E-state index is 13.6. The van der Waals surface area contributed by atoms with E-state index in [4.69, 9.17) is 4.74 Å². The molecule has 0 bridgehead atoms. The third kappa shape index (κ3) is 6.65. The number of hydrogen-bond donors (Lipinski definition) is 2. The van der Waals surface area contributed by atoms with E-state index >= 15 is 0 Å². The van der Waals surface area contributed by atoms with Crippen LogP contribution in [0.3, 0.4) is 0 Å². The highest BCUT2D eigenvalue weighted by Gasteiger charge is 2.71. The number of nitrogens with one attached hydrogen (secondary N) is 1. The lowest BCUT2D eigenvalue weighted by molar-refractivity contribution is -0.376. The summed E-state index contributed by atoms with van der Waals surface area (Å²) < 4.78 is 87.2. The number of halogens is 6. The average molecular weight is 687 g/mol. The highest BCUT2D eigenvalue weighted by Crippen LogP contribution is 2.50. The van der Waals surface area contributed by atoms with Gasteiger partial charge in [0.15, 0.2) is 0 Å². The summed E-state index contributed by atoms with van der Waals surface area (Å²) in [6.07, 6.45) is -11.6. The SMILES string of the molecule is CCCc1cc(C(O)(C(F)(F)F)C(F)(F)F)ccc1N1C[C@H](C)N(C(=O)CN2C(=O)N[C@@](C)(c3ccc(OC(C)C)cc3)C2=O)C[C@H]1C. The molecule has 0 aromatic heterocycles. The molecule has 2 aliphatic heterocycles. The molecular weight excluding hydrogens is 646 g/mol. The molecule has 2 aliphatic rings. The summed E-state index contributed by atoms with van der Waals surface area (Å²) in [4.78, 5) is 44.1. The van der Waals surface area contributed by atoms with Crippen LogP contribution in [0.4, 0.5) is 36.8 Å². The summed E-state index contributed by atoms with van der Waals surface area (Å²) in [7, 11) is 0. The van der Waals surface area contributed by atoms with Crippen molar-refractivity contribution in [1.82, 2.24) is 15.1 Å². The monoisotopic (exact) mass is 686 g/mol. The van der Waals surface area contributed by atoms with Crippen LogP contribution in [0.15, 0.2) is 42.5 Å². The lowest BCUT2D eigenvalue weighted by atomic mass is 9.89. The van der Waals surface area contributed by atoms with E-state index < -0.39 is 65.5 Å². The Kier molecular flexibility index (Phi) is 10.1. The molecule has 0 saturated carbocycles. The van der Waals surface area contributed by atoms with E-state index in [1.807, 2.05) is 13.8 Å². The van der Waals surface area contributed by atoms with E-state index in [0.29, 0.717) is 29.5 Å². The van der Waals surface area contributed by atoms with Crippen molar-refractivity contribution < 1.29 is 50.6 Å². The summed E-state index contributed by atoms with van der Waals surface area (Å²) >= 11 is 0. The predicted octanol–water partition coefficient (Wildman–Crippen LogP) is 5.63. The molecule has 2 aromatic rings. The normalized spacial score (nSPS) is 22.4. The number of hydrogen-bond acceptors (Lipinski definition) is 6. The zero-order chi connectivity index (χ0) is 36.0. The van der Waals surface area contributed by atoms with Gasteiger partial charge in [-0.05, 0) is 70.4 Å². The van der Waals surface area contributed by atoms with Crippen molar-refractivity contribution in [2.75, 3.05) is 24.5 Å². The Morgan fingerprint density at radius 2 is 1.60 bits per heavy atom. The van der Waals surface area contributed by atoms with E-state index in [2.05, 4.69) is 5.32 Å². The highest BCUT2D eigenvalue weighted by molar-refractivity contribution is 6.09. The Labute approximate surface area is 274 Å².